The summed E-state index contributed by atoms with van der Waals surface area (Å²) in [4.78, 5) is 6.45. The number of nitrogens with zero attached hydrogens (tertiary/aromatic N) is 2. The smallest absolute Gasteiger partial charge is 0.132 e. The fourth-order valence-electron chi connectivity index (χ4n) is 1.77. The predicted octanol–water partition coefficient (Wildman–Crippen LogP) is 0.793. The van der Waals surface area contributed by atoms with Crippen LogP contribution < -0.4 is 10.2 Å². The molecule has 0 saturated heterocycles. The van der Waals surface area contributed by atoms with Crippen LogP contribution in [0.5, 0.6) is 0 Å². The summed E-state index contributed by atoms with van der Waals surface area (Å²) in [7, 11) is 4.08. The molecule has 1 N–H and O–H groups in total. The molecule has 0 bridgehead atoms. The van der Waals surface area contributed by atoms with Crippen LogP contribution in [0.2, 0.25) is 0 Å². The minimum atomic E-state index is 0.955. The van der Waals surface area contributed by atoms with Crippen molar-refractivity contribution < 1.29 is 0 Å². The summed E-state index contributed by atoms with van der Waals surface area (Å²) >= 11 is 0. The molecule has 1 aromatic rings. The van der Waals surface area contributed by atoms with Gasteiger partial charge in [0.15, 0.2) is 0 Å². The van der Waals surface area contributed by atoms with Crippen LogP contribution in [0.25, 0.3) is 0 Å². The standard InChI is InChI=1S/C10H15N3/c1-13(2)10-9-7-11-5-3-8(9)4-6-12-10/h4,6,11H,3,5,7H2,1-2H3. The second-order valence-electron chi connectivity index (χ2n) is 3.59. The fourth-order valence-corrected chi connectivity index (χ4v) is 1.77. The van der Waals surface area contributed by atoms with E-state index in [1.54, 1.807) is 0 Å². The van der Waals surface area contributed by atoms with E-state index in [-0.39, 0.29) is 0 Å². The molecule has 0 fully saturated rings. The molecule has 0 spiro atoms. The monoisotopic (exact) mass is 177 g/mol. The van der Waals surface area contributed by atoms with E-state index in [9.17, 15) is 0 Å². The molecule has 2 heterocycles. The number of rotatable bonds is 1. The van der Waals surface area contributed by atoms with E-state index in [0.29, 0.717) is 0 Å². The molecule has 3 nitrogen and oxygen atoms in total. The van der Waals surface area contributed by atoms with Gasteiger partial charge in [-0.2, -0.15) is 0 Å². The Morgan fingerprint density at radius 2 is 2.31 bits per heavy atom. The van der Waals surface area contributed by atoms with Gasteiger partial charge in [0.05, 0.1) is 0 Å². The number of hydrogen-bond acceptors (Lipinski definition) is 3. The van der Waals surface area contributed by atoms with E-state index >= 15 is 0 Å². The van der Waals surface area contributed by atoms with Crippen molar-refractivity contribution in [2.24, 2.45) is 0 Å². The quantitative estimate of drug-likeness (QED) is 0.687. The third kappa shape index (κ3) is 1.52. The molecule has 1 aromatic heterocycles. The molecule has 0 unspecified atom stereocenters. The fraction of sp³-hybridized carbons (Fsp3) is 0.500. The second kappa shape index (κ2) is 3.34. The van der Waals surface area contributed by atoms with E-state index in [2.05, 4.69) is 21.3 Å². The predicted molar refractivity (Wildman–Crippen MR) is 54.0 cm³/mol. The summed E-state index contributed by atoms with van der Waals surface area (Å²) in [6.45, 7) is 2.04. The molecule has 1 aliphatic rings. The highest BCUT2D eigenvalue weighted by atomic mass is 15.1. The van der Waals surface area contributed by atoms with Crippen LogP contribution in [0.15, 0.2) is 12.3 Å². The van der Waals surface area contributed by atoms with Crippen molar-refractivity contribution in [1.29, 1.82) is 0 Å². The Morgan fingerprint density at radius 1 is 1.46 bits per heavy atom. The second-order valence-corrected chi connectivity index (χ2v) is 3.59. The molecule has 70 valence electrons. The minimum Gasteiger partial charge on any atom is -0.362 e. The molecule has 0 atom stereocenters. The molecule has 0 amide bonds. The van der Waals surface area contributed by atoms with Crippen LogP contribution in [0, 0.1) is 0 Å². The zero-order valence-corrected chi connectivity index (χ0v) is 8.17. The van der Waals surface area contributed by atoms with Gasteiger partial charge in [-0.05, 0) is 24.6 Å². The summed E-state index contributed by atoms with van der Waals surface area (Å²) in [6.07, 6.45) is 3.03. The van der Waals surface area contributed by atoms with Crippen molar-refractivity contribution in [3.8, 4) is 0 Å². The highest BCUT2D eigenvalue weighted by molar-refractivity contribution is 5.50. The van der Waals surface area contributed by atoms with Gasteiger partial charge in [-0.25, -0.2) is 4.98 Å². The molecule has 0 radical (unpaired) electrons. The molecule has 0 saturated carbocycles. The molecular weight excluding hydrogens is 162 g/mol. The van der Waals surface area contributed by atoms with Crippen molar-refractivity contribution in [2.45, 2.75) is 13.0 Å². The number of anilines is 1. The van der Waals surface area contributed by atoms with Crippen LogP contribution in [0.4, 0.5) is 5.82 Å². The summed E-state index contributed by atoms with van der Waals surface area (Å²) in [5.41, 5.74) is 2.80. The lowest BCUT2D eigenvalue weighted by Crippen LogP contribution is -2.26. The number of hydrogen-bond donors (Lipinski definition) is 1. The highest BCUT2D eigenvalue weighted by Crippen LogP contribution is 2.21. The third-order valence-electron chi connectivity index (χ3n) is 2.43. The SMILES string of the molecule is CN(C)c1nccc2c1CNCC2. The van der Waals surface area contributed by atoms with E-state index in [0.717, 1.165) is 25.3 Å². The Bertz CT molecular complexity index is 307. The lowest BCUT2D eigenvalue weighted by atomic mass is 10.0. The van der Waals surface area contributed by atoms with Crippen molar-refractivity contribution in [2.75, 3.05) is 25.5 Å². The minimum absolute atomic E-state index is 0.955. The molecule has 13 heavy (non-hydrogen) atoms. The van der Waals surface area contributed by atoms with Gasteiger partial charge < -0.3 is 10.2 Å². The first-order chi connectivity index (χ1) is 6.29. The van der Waals surface area contributed by atoms with Gasteiger partial charge in [0, 0.05) is 32.4 Å². The maximum atomic E-state index is 4.38. The van der Waals surface area contributed by atoms with Crippen molar-refractivity contribution in [3.63, 3.8) is 0 Å². The summed E-state index contributed by atoms with van der Waals surface area (Å²) in [5, 5.41) is 3.37. The molecule has 3 heteroatoms. The first-order valence-electron chi connectivity index (χ1n) is 4.64. The topological polar surface area (TPSA) is 28.2 Å². The largest absolute Gasteiger partial charge is 0.362 e. The van der Waals surface area contributed by atoms with Crippen molar-refractivity contribution in [3.05, 3.63) is 23.4 Å². The highest BCUT2D eigenvalue weighted by Gasteiger charge is 2.13. The van der Waals surface area contributed by atoms with Crippen molar-refractivity contribution >= 4 is 5.82 Å². The van der Waals surface area contributed by atoms with E-state index < -0.39 is 0 Å². The normalized spacial score (nSPS) is 15.2. The molecule has 1 aliphatic heterocycles. The third-order valence-corrected chi connectivity index (χ3v) is 2.43. The maximum Gasteiger partial charge on any atom is 0.132 e. The van der Waals surface area contributed by atoms with Crippen molar-refractivity contribution in [1.82, 2.24) is 10.3 Å². The zero-order chi connectivity index (χ0) is 9.26. The summed E-state index contributed by atoms with van der Waals surface area (Å²) in [5.74, 6) is 1.10. The van der Waals surface area contributed by atoms with Crippen LogP contribution in [0.1, 0.15) is 11.1 Å². The molecule has 0 aliphatic carbocycles. The lowest BCUT2D eigenvalue weighted by Gasteiger charge is -2.22. The Kier molecular flexibility index (Phi) is 2.19. The average molecular weight is 177 g/mol. The van der Waals surface area contributed by atoms with Gasteiger partial charge in [0.2, 0.25) is 0 Å². The van der Waals surface area contributed by atoms with Gasteiger partial charge in [0.1, 0.15) is 5.82 Å². The Labute approximate surface area is 78.8 Å². The van der Waals surface area contributed by atoms with E-state index in [1.807, 2.05) is 20.3 Å². The van der Waals surface area contributed by atoms with Gasteiger partial charge in [0.25, 0.3) is 0 Å². The Hall–Kier alpha value is -1.09. The van der Waals surface area contributed by atoms with Crippen LogP contribution in [0.3, 0.4) is 0 Å². The zero-order valence-electron chi connectivity index (χ0n) is 8.17. The Balaban J connectivity index is 2.46. The molecule has 0 aromatic carbocycles. The summed E-state index contributed by atoms with van der Waals surface area (Å²) < 4.78 is 0. The van der Waals surface area contributed by atoms with E-state index in [4.69, 9.17) is 0 Å². The van der Waals surface area contributed by atoms with Crippen LogP contribution in [-0.2, 0) is 13.0 Å². The first-order valence-corrected chi connectivity index (χ1v) is 4.64. The average Bonchev–Trinajstić information content (AvgIpc) is 2.17. The number of nitrogens with one attached hydrogen (secondary N) is 1. The van der Waals surface area contributed by atoms with Gasteiger partial charge in [-0.3, -0.25) is 0 Å². The number of aromatic nitrogens is 1. The molecular formula is C10H15N3. The van der Waals surface area contributed by atoms with Crippen LogP contribution in [-0.4, -0.2) is 25.6 Å². The molecule has 2 rings (SSSR count). The van der Waals surface area contributed by atoms with E-state index in [1.165, 1.54) is 11.1 Å². The maximum absolute atomic E-state index is 4.38. The van der Waals surface area contributed by atoms with Gasteiger partial charge in [-0.1, -0.05) is 0 Å². The Morgan fingerprint density at radius 3 is 3.08 bits per heavy atom. The number of fused-ring (bicyclic) bond motifs is 1. The number of pyridine rings is 1. The summed E-state index contributed by atoms with van der Waals surface area (Å²) in [6, 6.07) is 2.13. The van der Waals surface area contributed by atoms with Crippen LogP contribution >= 0.6 is 0 Å². The van der Waals surface area contributed by atoms with Gasteiger partial charge in [-0.15, -0.1) is 0 Å². The lowest BCUT2D eigenvalue weighted by molar-refractivity contribution is 0.640. The first kappa shape index (κ1) is 8.51. The van der Waals surface area contributed by atoms with Gasteiger partial charge >= 0.3 is 0 Å².